The number of amides is 2. The van der Waals surface area contributed by atoms with Gasteiger partial charge >= 0.3 is 0 Å². The molecule has 7 heteroatoms. The van der Waals surface area contributed by atoms with E-state index < -0.39 is 5.91 Å². The van der Waals surface area contributed by atoms with Crippen molar-refractivity contribution in [3.63, 3.8) is 0 Å². The zero-order chi connectivity index (χ0) is 25.1. The molecular formula is C29H19BrN2O3S. The minimum absolute atomic E-state index is 0.0503. The number of rotatable bonds is 6. The van der Waals surface area contributed by atoms with E-state index in [0.717, 1.165) is 32.6 Å². The van der Waals surface area contributed by atoms with Crippen LogP contribution in [-0.2, 0) is 17.9 Å². The molecular weight excluding hydrogens is 536 g/mol. The summed E-state index contributed by atoms with van der Waals surface area (Å²) in [6.45, 7) is 0.408. The number of halogens is 1. The summed E-state index contributed by atoms with van der Waals surface area (Å²) in [5, 5.41) is 11.2. The van der Waals surface area contributed by atoms with Crippen molar-refractivity contribution in [3.8, 4) is 11.8 Å². The van der Waals surface area contributed by atoms with Gasteiger partial charge in [-0.2, -0.15) is 5.26 Å². The summed E-state index contributed by atoms with van der Waals surface area (Å²) in [5.41, 5.74) is 2.81. The van der Waals surface area contributed by atoms with E-state index in [2.05, 4.69) is 40.2 Å². The number of hydrogen-bond donors (Lipinski definition) is 0. The fourth-order valence-corrected chi connectivity index (χ4v) is 5.26. The lowest BCUT2D eigenvalue weighted by Crippen LogP contribution is -2.27. The first-order valence-electron chi connectivity index (χ1n) is 11.2. The Morgan fingerprint density at radius 2 is 1.69 bits per heavy atom. The normalized spacial score (nSPS) is 14.4. The standard InChI is InChI=1S/C29H19BrN2O3S/c30-24-12-13-26(35-18-22-10-5-9-19-6-3-4-11-25(19)22)23(14-24)15-27-28(33)32(29(34)36-27)17-21-8-2-1-7-20(21)16-31/h1-15H,17-18H2/b27-15+. The Morgan fingerprint density at radius 1 is 0.944 bits per heavy atom. The molecule has 1 aliphatic rings. The van der Waals surface area contributed by atoms with E-state index in [0.29, 0.717) is 34.0 Å². The van der Waals surface area contributed by atoms with Gasteiger partial charge in [0.25, 0.3) is 11.1 Å². The number of hydrogen-bond acceptors (Lipinski definition) is 5. The van der Waals surface area contributed by atoms with Crippen molar-refractivity contribution in [1.82, 2.24) is 4.90 Å². The predicted molar refractivity (Wildman–Crippen MR) is 145 cm³/mol. The Bertz CT molecular complexity index is 1570. The third-order valence-corrected chi connectivity index (χ3v) is 7.26. The fraction of sp³-hybridized carbons (Fsp3) is 0.0690. The van der Waals surface area contributed by atoms with Gasteiger partial charge in [-0.25, -0.2) is 0 Å². The molecule has 1 saturated heterocycles. The molecule has 36 heavy (non-hydrogen) atoms. The van der Waals surface area contributed by atoms with E-state index in [9.17, 15) is 14.9 Å². The molecule has 0 radical (unpaired) electrons. The van der Waals surface area contributed by atoms with E-state index in [4.69, 9.17) is 4.74 Å². The zero-order valence-electron chi connectivity index (χ0n) is 19.0. The number of imide groups is 1. The zero-order valence-corrected chi connectivity index (χ0v) is 21.4. The van der Waals surface area contributed by atoms with Gasteiger partial charge in [-0.15, -0.1) is 0 Å². The molecule has 4 aromatic rings. The molecule has 2 amide bonds. The van der Waals surface area contributed by atoms with Crippen molar-refractivity contribution < 1.29 is 14.3 Å². The average Bonchev–Trinajstić information content (AvgIpc) is 3.16. The molecule has 176 valence electrons. The van der Waals surface area contributed by atoms with Gasteiger partial charge in [0, 0.05) is 10.0 Å². The summed E-state index contributed by atoms with van der Waals surface area (Å²) in [4.78, 5) is 27.3. The number of thioether (sulfide) groups is 1. The van der Waals surface area contributed by atoms with Crippen LogP contribution in [0.4, 0.5) is 4.79 Å². The smallest absolute Gasteiger partial charge is 0.293 e. The third-order valence-electron chi connectivity index (χ3n) is 5.86. The second-order valence-electron chi connectivity index (χ2n) is 8.15. The maximum Gasteiger partial charge on any atom is 0.293 e. The number of nitrogens with zero attached hydrogens (tertiary/aromatic N) is 2. The Balaban J connectivity index is 1.40. The Labute approximate surface area is 221 Å². The molecule has 1 heterocycles. The van der Waals surface area contributed by atoms with Crippen molar-refractivity contribution >= 4 is 55.7 Å². The van der Waals surface area contributed by atoms with Crippen LogP contribution in [0.15, 0.2) is 94.3 Å². The van der Waals surface area contributed by atoms with Crippen LogP contribution in [0.3, 0.4) is 0 Å². The van der Waals surface area contributed by atoms with E-state index in [-0.39, 0.29) is 11.8 Å². The molecule has 4 aromatic carbocycles. The Kier molecular flexibility index (Phi) is 6.90. The summed E-state index contributed by atoms with van der Waals surface area (Å²) in [6, 6.07) is 28.9. The molecule has 1 fully saturated rings. The highest BCUT2D eigenvalue weighted by Gasteiger charge is 2.35. The highest BCUT2D eigenvalue weighted by atomic mass is 79.9. The highest BCUT2D eigenvalue weighted by Crippen LogP contribution is 2.36. The van der Waals surface area contributed by atoms with E-state index in [1.807, 2.05) is 42.5 Å². The second-order valence-corrected chi connectivity index (χ2v) is 10.1. The summed E-state index contributed by atoms with van der Waals surface area (Å²) in [5.74, 6) is 0.213. The first-order valence-corrected chi connectivity index (χ1v) is 12.8. The maximum atomic E-state index is 13.1. The molecule has 0 aliphatic carbocycles. The molecule has 5 nitrogen and oxygen atoms in total. The van der Waals surface area contributed by atoms with Crippen molar-refractivity contribution in [2.45, 2.75) is 13.2 Å². The Hall–Kier alpha value is -3.86. The molecule has 0 spiro atoms. The number of benzene rings is 4. The summed E-state index contributed by atoms with van der Waals surface area (Å²) in [7, 11) is 0. The van der Waals surface area contributed by atoms with Crippen LogP contribution in [0.5, 0.6) is 5.75 Å². The average molecular weight is 555 g/mol. The molecule has 5 rings (SSSR count). The van der Waals surface area contributed by atoms with Crippen molar-refractivity contribution in [2.24, 2.45) is 0 Å². The molecule has 1 aliphatic heterocycles. The lowest BCUT2D eigenvalue weighted by atomic mass is 10.1. The van der Waals surface area contributed by atoms with Crippen molar-refractivity contribution in [2.75, 3.05) is 0 Å². The molecule has 0 atom stereocenters. The van der Waals surface area contributed by atoms with Gasteiger partial charge in [-0.3, -0.25) is 14.5 Å². The first-order chi connectivity index (χ1) is 17.5. The minimum Gasteiger partial charge on any atom is -0.488 e. The van der Waals surface area contributed by atoms with Gasteiger partial charge < -0.3 is 4.74 Å². The highest BCUT2D eigenvalue weighted by molar-refractivity contribution is 9.10. The SMILES string of the molecule is N#Cc1ccccc1CN1C(=O)S/C(=C/c2cc(Br)ccc2OCc2cccc3ccccc23)C1=O. The van der Waals surface area contributed by atoms with Crippen molar-refractivity contribution in [3.05, 3.63) is 117 Å². The number of nitriles is 1. The van der Waals surface area contributed by atoms with Crippen LogP contribution in [0.2, 0.25) is 0 Å². The van der Waals surface area contributed by atoms with Crippen LogP contribution in [0, 0.1) is 11.3 Å². The monoisotopic (exact) mass is 554 g/mol. The molecule has 0 bridgehead atoms. The van der Waals surface area contributed by atoms with Gasteiger partial charge in [0.1, 0.15) is 12.4 Å². The van der Waals surface area contributed by atoms with Crippen LogP contribution in [0.1, 0.15) is 22.3 Å². The van der Waals surface area contributed by atoms with Gasteiger partial charge in [-0.1, -0.05) is 76.6 Å². The topological polar surface area (TPSA) is 70.4 Å². The molecule has 0 saturated carbocycles. The number of ether oxygens (including phenoxy) is 1. The van der Waals surface area contributed by atoms with Gasteiger partial charge in [0.2, 0.25) is 0 Å². The first kappa shape index (κ1) is 23.9. The quantitative estimate of drug-likeness (QED) is 0.234. The molecule has 0 unspecified atom stereocenters. The van der Waals surface area contributed by atoms with Crippen molar-refractivity contribution in [1.29, 1.82) is 5.26 Å². The minimum atomic E-state index is -0.391. The van der Waals surface area contributed by atoms with Gasteiger partial charge in [0.15, 0.2) is 0 Å². The maximum absolute atomic E-state index is 13.1. The second kappa shape index (κ2) is 10.4. The third kappa shape index (κ3) is 4.92. The van der Waals surface area contributed by atoms with Crippen LogP contribution in [-0.4, -0.2) is 16.0 Å². The van der Waals surface area contributed by atoms with Crippen LogP contribution >= 0.6 is 27.7 Å². The fourth-order valence-electron chi connectivity index (χ4n) is 4.05. The number of carbonyl (C=O) groups is 2. The molecule has 0 aromatic heterocycles. The van der Waals surface area contributed by atoms with E-state index in [1.54, 1.807) is 30.3 Å². The lowest BCUT2D eigenvalue weighted by molar-refractivity contribution is -0.123. The summed E-state index contributed by atoms with van der Waals surface area (Å²) in [6.07, 6.45) is 1.68. The van der Waals surface area contributed by atoms with E-state index >= 15 is 0 Å². The largest absolute Gasteiger partial charge is 0.488 e. The Morgan fingerprint density at radius 3 is 2.56 bits per heavy atom. The predicted octanol–water partition coefficient (Wildman–Crippen LogP) is 7.29. The number of fused-ring (bicyclic) bond motifs is 1. The van der Waals surface area contributed by atoms with E-state index in [1.165, 1.54) is 4.90 Å². The number of carbonyl (C=O) groups excluding carboxylic acids is 2. The molecule has 0 N–H and O–H groups in total. The summed E-state index contributed by atoms with van der Waals surface area (Å²) >= 11 is 4.37. The summed E-state index contributed by atoms with van der Waals surface area (Å²) < 4.78 is 7.02. The van der Waals surface area contributed by atoms with Crippen LogP contribution < -0.4 is 4.74 Å². The van der Waals surface area contributed by atoms with Gasteiger partial charge in [0.05, 0.1) is 23.1 Å². The van der Waals surface area contributed by atoms with Gasteiger partial charge in [-0.05, 0) is 64.0 Å². The lowest BCUT2D eigenvalue weighted by Gasteiger charge is -2.13. The van der Waals surface area contributed by atoms with Crippen LogP contribution in [0.25, 0.3) is 16.8 Å².